The van der Waals surface area contributed by atoms with Gasteiger partial charge in [-0.3, -0.25) is 4.79 Å². The van der Waals surface area contributed by atoms with Crippen molar-refractivity contribution in [3.05, 3.63) is 29.8 Å². The number of halogens is 3. The molecule has 0 aliphatic carbocycles. The van der Waals surface area contributed by atoms with Gasteiger partial charge in [-0.1, -0.05) is 23.9 Å². The largest absolute Gasteiger partial charge is 0.418 e. The molecule has 0 aromatic heterocycles. The highest BCUT2D eigenvalue weighted by Crippen LogP contribution is 2.45. The van der Waals surface area contributed by atoms with E-state index in [4.69, 9.17) is 5.26 Å². The fraction of sp³-hybridized carbons (Fsp3) is 0.400. The summed E-state index contributed by atoms with van der Waals surface area (Å²) < 4.78 is 64.1. The van der Waals surface area contributed by atoms with Crippen LogP contribution in [0.15, 0.2) is 29.3 Å². The van der Waals surface area contributed by atoms with Gasteiger partial charge in [-0.15, -0.1) is 0 Å². The molecular formula is C15H12F3N3O3S2. The highest BCUT2D eigenvalue weighted by atomic mass is 32.2. The number of rotatable bonds is 2. The van der Waals surface area contributed by atoms with Crippen LogP contribution in [-0.4, -0.2) is 42.3 Å². The molecule has 2 atom stereocenters. The Morgan fingerprint density at radius 2 is 2.04 bits per heavy atom. The molecule has 26 heavy (non-hydrogen) atoms. The van der Waals surface area contributed by atoms with Crippen LogP contribution in [0.2, 0.25) is 0 Å². The fourth-order valence-corrected chi connectivity index (χ4v) is 6.91. The van der Waals surface area contributed by atoms with Crippen molar-refractivity contribution in [2.24, 2.45) is 4.99 Å². The molecule has 0 spiro atoms. The number of para-hydroxylation sites is 1. The van der Waals surface area contributed by atoms with Crippen molar-refractivity contribution >= 4 is 38.4 Å². The minimum Gasteiger partial charge on any atom is -0.315 e. The van der Waals surface area contributed by atoms with E-state index in [2.05, 4.69) is 4.99 Å². The molecule has 138 valence electrons. The van der Waals surface area contributed by atoms with E-state index in [1.165, 1.54) is 23.1 Å². The molecule has 11 heteroatoms. The van der Waals surface area contributed by atoms with Crippen LogP contribution < -0.4 is 4.90 Å². The standard InChI is InChI=1S/C15H12F3N3O3S2/c16-15(17,18)9-3-1-2-4-10(9)21-11-7-26(23,24)8-12(11)25-14(21)20-13(22)5-6-19/h1-4,11-12H,5,7-8H2. The average molecular weight is 403 g/mol. The number of hydrogen-bond acceptors (Lipinski definition) is 5. The van der Waals surface area contributed by atoms with Gasteiger partial charge in [-0.05, 0) is 12.1 Å². The van der Waals surface area contributed by atoms with E-state index < -0.39 is 45.2 Å². The molecule has 0 radical (unpaired) electrons. The smallest absolute Gasteiger partial charge is 0.315 e. The highest BCUT2D eigenvalue weighted by Gasteiger charge is 2.51. The number of alkyl halides is 3. The summed E-state index contributed by atoms with van der Waals surface area (Å²) in [6.45, 7) is 0. The van der Waals surface area contributed by atoms with Gasteiger partial charge in [-0.2, -0.15) is 23.4 Å². The van der Waals surface area contributed by atoms with Gasteiger partial charge in [0.1, 0.15) is 6.42 Å². The highest BCUT2D eigenvalue weighted by molar-refractivity contribution is 8.16. The number of amidine groups is 1. The molecule has 1 aromatic carbocycles. The molecule has 1 aromatic rings. The van der Waals surface area contributed by atoms with Crippen LogP contribution in [0.25, 0.3) is 0 Å². The third-order valence-corrected chi connectivity index (χ3v) is 7.20. The zero-order chi connectivity index (χ0) is 19.1. The zero-order valence-electron chi connectivity index (χ0n) is 13.1. The predicted molar refractivity (Wildman–Crippen MR) is 90.4 cm³/mol. The topological polar surface area (TPSA) is 90.6 Å². The summed E-state index contributed by atoms with van der Waals surface area (Å²) in [5.74, 6) is -1.30. The second-order valence-corrected chi connectivity index (χ2v) is 9.17. The number of nitriles is 1. The number of sulfone groups is 1. The van der Waals surface area contributed by atoms with Crippen molar-refractivity contribution in [3.8, 4) is 6.07 Å². The number of carbonyl (C=O) groups excluding carboxylic acids is 1. The van der Waals surface area contributed by atoms with E-state index >= 15 is 0 Å². The lowest BCUT2D eigenvalue weighted by Gasteiger charge is -2.27. The van der Waals surface area contributed by atoms with Crippen molar-refractivity contribution in [2.75, 3.05) is 16.4 Å². The molecule has 2 saturated heterocycles. The summed E-state index contributed by atoms with van der Waals surface area (Å²) in [4.78, 5) is 16.7. The molecule has 2 aliphatic rings. The van der Waals surface area contributed by atoms with Crippen LogP contribution in [0.1, 0.15) is 12.0 Å². The van der Waals surface area contributed by atoms with Crippen LogP contribution in [0.4, 0.5) is 18.9 Å². The van der Waals surface area contributed by atoms with Gasteiger partial charge < -0.3 is 4.90 Å². The lowest BCUT2D eigenvalue weighted by atomic mass is 10.1. The van der Waals surface area contributed by atoms with Crippen molar-refractivity contribution in [1.82, 2.24) is 0 Å². The number of nitrogens with zero attached hydrogens (tertiary/aromatic N) is 3. The Balaban J connectivity index is 2.11. The number of benzene rings is 1. The number of fused-ring (bicyclic) bond motifs is 1. The first-order valence-corrected chi connectivity index (χ1v) is 10.1. The first-order valence-electron chi connectivity index (χ1n) is 7.43. The Labute approximate surface area is 151 Å². The summed E-state index contributed by atoms with van der Waals surface area (Å²) in [5, 5.41) is 8.06. The number of thioether (sulfide) groups is 1. The molecule has 1 amide bonds. The van der Waals surface area contributed by atoms with Gasteiger partial charge in [0.25, 0.3) is 5.91 Å². The Morgan fingerprint density at radius 3 is 2.69 bits per heavy atom. The van der Waals surface area contributed by atoms with E-state index in [-0.39, 0.29) is 22.4 Å². The van der Waals surface area contributed by atoms with Gasteiger partial charge in [-0.25, -0.2) is 8.42 Å². The van der Waals surface area contributed by atoms with Crippen molar-refractivity contribution in [3.63, 3.8) is 0 Å². The van der Waals surface area contributed by atoms with Crippen LogP contribution in [0, 0.1) is 11.3 Å². The van der Waals surface area contributed by atoms with Gasteiger partial charge in [0.2, 0.25) is 0 Å². The maximum atomic E-state index is 13.4. The first-order chi connectivity index (χ1) is 12.1. The molecule has 6 nitrogen and oxygen atoms in total. The molecule has 2 aliphatic heterocycles. The van der Waals surface area contributed by atoms with E-state index in [1.54, 1.807) is 6.07 Å². The fourth-order valence-electron chi connectivity index (χ4n) is 2.98. The van der Waals surface area contributed by atoms with E-state index in [1.807, 2.05) is 0 Å². The Morgan fingerprint density at radius 1 is 1.35 bits per heavy atom. The normalized spacial score (nSPS) is 25.9. The van der Waals surface area contributed by atoms with Crippen LogP contribution >= 0.6 is 11.8 Å². The summed E-state index contributed by atoms with van der Waals surface area (Å²) in [5.41, 5.74) is -1.19. The quantitative estimate of drug-likeness (QED) is 0.752. The molecule has 2 unspecified atom stereocenters. The van der Waals surface area contributed by atoms with Gasteiger partial charge in [0.15, 0.2) is 15.0 Å². The van der Waals surface area contributed by atoms with Crippen LogP contribution in [0.3, 0.4) is 0 Å². The second kappa shape index (κ2) is 6.59. The molecular weight excluding hydrogens is 391 g/mol. The van der Waals surface area contributed by atoms with E-state index in [0.29, 0.717) is 0 Å². The van der Waals surface area contributed by atoms with Crippen molar-refractivity contribution in [2.45, 2.75) is 23.9 Å². The molecule has 3 rings (SSSR count). The van der Waals surface area contributed by atoms with E-state index in [0.717, 1.165) is 17.8 Å². The Hall–Kier alpha value is -2.06. The predicted octanol–water partition coefficient (Wildman–Crippen LogP) is 2.22. The maximum Gasteiger partial charge on any atom is 0.418 e. The maximum absolute atomic E-state index is 13.4. The summed E-state index contributed by atoms with van der Waals surface area (Å²) in [6.07, 6.45) is -5.16. The van der Waals surface area contributed by atoms with E-state index in [9.17, 15) is 26.4 Å². The minimum atomic E-state index is -4.65. The second-order valence-electron chi connectivity index (χ2n) is 5.81. The lowest BCUT2D eigenvalue weighted by Crippen LogP contribution is -2.39. The lowest BCUT2D eigenvalue weighted by molar-refractivity contribution is -0.137. The number of aliphatic imine (C=N–C) groups is 1. The van der Waals surface area contributed by atoms with Crippen LogP contribution in [0.5, 0.6) is 0 Å². The van der Waals surface area contributed by atoms with Gasteiger partial charge in [0, 0.05) is 5.25 Å². The average Bonchev–Trinajstić information content (AvgIpc) is 2.97. The molecule has 2 heterocycles. The monoisotopic (exact) mass is 403 g/mol. The third kappa shape index (κ3) is 3.57. The third-order valence-electron chi connectivity index (χ3n) is 3.99. The summed E-state index contributed by atoms with van der Waals surface area (Å²) in [7, 11) is -3.39. The summed E-state index contributed by atoms with van der Waals surface area (Å²) in [6, 6.07) is 5.64. The number of anilines is 1. The number of carbonyl (C=O) groups is 1. The zero-order valence-corrected chi connectivity index (χ0v) is 14.7. The SMILES string of the molecule is N#CCC(=O)N=C1SC2CS(=O)(=O)CC2N1c1ccccc1C(F)(F)F. The van der Waals surface area contributed by atoms with Crippen LogP contribution in [-0.2, 0) is 20.8 Å². The first kappa shape index (κ1) is 18.7. The Kier molecular flexibility index (Phi) is 4.74. The van der Waals surface area contributed by atoms with Gasteiger partial charge in [0.05, 0.1) is 34.9 Å². The number of amides is 1. The molecule has 0 bridgehead atoms. The molecule has 0 saturated carbocycles. The number of hydrogen-bond donors (Lipinski definition) is 0. The minimum absolute atomic E-state index is 0.00755. The molecule has 2 fully saturated rings. The van der Waals surface area contributed by atoms with Crippen molar-refractivity contribution < 1.29 is 26.4 Å². The summed E-state index contributed by atoms with van der Waals surface area (Å²) >= 11 is 0.959. The Bertz CT molecular complexity index is 922. The van der Waals surface area contributed by atoms with Gasteiger partial charge >= 0.3 is 6.18 Å². The van der Waals surface area contributed by atoms with Crippen molar-refractivity contribution in [1.29, 1.82) is 5.26 Å². The molecule has 0 N–H and O–H groups in total.